The molecule has 98 valence electrons. The van der Waals surface area contributed by atoms with Gasteiger partial charge in [0.05, 0.1) is 5.75 Å². The number of hydrogen-bond acceptors (Lipinski definition) is 5. The van der Waals surface area contributed by atoms with Crippen molar-refractivity contribution < 1.29 is 8.42 Å². The molecule has 0 saturated carbocycles. The molecule has 5 nitrogen and oxygen atoms in total. The average Bonchev–Trinajstić information content (AvgIpc) is 2.70. The molecule has 0 aliphatic heterocycles. The van der Waals surface area contributed by atoms with E-state index < -0.39 is 10.0 Å². The SMILES string of the molecule is CCS(=O)(=O)N(C)CCCNc1ncc(C)s1. The zero-order chi connectivity index (χ0) is 12.9. The summed E-state index contributed by atoms with van der Waals surface area (Å²) in [6, 6.07) is 0. The van der Waals surface area contributed by atoms with Gasteiger partial charge >= 0.3 is 0 Å². The van der Waals surface area contributed by atoms with Gasteiger partial charge in [0.15, 0.2) is 5.13 Å². The van der Waals surface area contributed by atoms with Crippen LogP contribution >= 0.6 is 11.3 Å². The minimum atomic E-state index is -3.05. The van der Waals surface area contributed by atoms with Crippen LogP contribution in [0.5, 0.6) is 0 Å². The second kappa shape index (κ2) is 6.32. The lowest BCUT2D eigenvalue weighted by Gasteiger charge is -2.15. The molecule has 0 radical (unpaired) electrons. The van der Waals surface area contributed by atoms with Crippen LogP contribution in [0.4, 0.5) is 5.13 Å². The van der Waals surface area contributed by atoms with Gasteiger partial charge in [0.25, 0.3) is 0 Å². The molecule has 0 unspecified atom stereocenters. The predicted molar refractivity (Wildman–Crippen MR) is 72.0 cm³/mol. The van der Waals surface area contributed by atoms with Crippen LogP contribution in [0.25, 0.3) is 0 Å². The van der Waals surface area contributed by atoms with Crippen LogP contribution in [0, 0.1) is 6.92 Å². The maximum absolute atomic E-state index is 11.5. The number of nitrogens with one attached hydrogen (secondary N) is 1. The maximum Gasteiger partial charge on any atom is 0.213 e. The molecule has 0 amide bonds. The Morgan fingerprint density at radius 2 is 2.24 bits per heavy atom. The van der Waals surface area contributed by atoms with Crippen LogP contribution in [0.3, 0.4) is 0 Å². The van der Waals surface area contributed by atoms with Crippen LogP contribution in [0.2, 0.25) is 0 Å². The molecule has 0 aromatic carbocycles. The van der Waals surface area contributed by atoms with Gasteiger partial charge in [-0.05, 0) is 20.3 Å². The van der Waals surface area contributed by atoms with E-state index in [0.717, 1.165) is 23.0 Å². The Morgan fingerprint density at radius 1 is 1.53 bits per heavy atom. The van der Waals surface area contributed by atoms with Crippen molar-refractivity contribution in [3.63, 3.8) is 0 Å². The van der Waals surface area contributed by atoms with E-state index >= 15 is 0 Å². The van der Waals surface area contributed by atoms with Gasteiger partial charge in [-0.1, -0.05) is 0 Å². The molecule has 1 aromatic rings. The van der Waals surface area contributed by atoms with Gasteiger partial charge in [0, 0.05) is 31.2 Å². The van der Waals surface area contributed by atoms with Crippen molar-refractivity contribution in [1.29, 1.82) is 0 Å². The lowest BCUT2D eigenvalue weighted by molar-refractivity contribution is 0.466. The molecule has 1 rings (SSSR count). The van der Waals surface area contributed by atoms with E-state index in [-0.39, 0.29) is 5.75 Å². The summed E-state index contributed by atoms with van der Waals surface area (Å²) in [5.74, 6) is 0.155. The van der Waals surface area contributed by atoms with E-state index in [1.165, 1.54) is 4.31 Å². The Balaban J connectivity index is 2.25. The Labute approximate surface area is 107 Å². The molecule has 0 aliphatic carbocycles. The minimum absolute atomic E-state index is 0.155. The molecule has 0 spiro atoms. The third kappa shape index (κ3) is 4.61. The number of rotatable bonds is 7. The van der Waals surface area contributed by atoms with Gasteiger partial charge in [-0.2, -0.15) is 0 Å². The summed E-state index contributed by atoms with van der Waals surface area (Å²) < 4.78 is 24.3. The summed E-state index contributed by atoms with van der Waals surface area (Å²) in [6.45, 7) is 4.93. The fourth-order valence-electron chi connectivity index (χ4n) is 1.29. The second-order valence-corrected chi connectivity index (χ2v) is 7.38. The van der Waals surface area contributed by atoms with Crippen molar-refractivity contribution in [2.75, 3.05) is 31.2 Å². The molecular weight excluding hydrogens is 258 g/mol. The van der Waals surface area contributed by atoms with Crippen LogP contribution in [0.15, 0.2) is 6.20 Å². The fraction of sp³-hybridized carbons (Fsp3) is 0.700. The molecule has 0 atom stereocenters. The number of aryl methyl sites for hydroxylation is 1. The third-order valence-electron chi connectivity index (χ3n) is 2.39. The number of nitrogens with zero attached hydrogens (tertiary/aromatic N) is 2. The first-order valence-electron chi connectivity index (χ1n) is 5.56. The van der Waals surface area contributed by atoms with Crippen LogP contribution < -0.4 is 5.32 Å². The number of sulfonamides is 1. The van der Waals surface area contributed by atoms with Gasteiger partial charge in [-0.3, -0.25) is 0 Å². The lowest BCUT2D eigenvalue weighted by atomic mass is 10.4. The molecular formula is C10H19N3O2S2. The van der Waals surface area contributed by atoms with Crippen molar-refractivity contribution in [3.05, 3.63) is 11.1 Å². The summed E-state index contributed by atoms with van der Waals surface area (Å²) in [4.78, 5) is 5.34. The lowest BCUT2D eigenvalue weighted by Crippen LogP contribution is -2.30. The van der Waals surface area contributed by atoms with Crippen molar-refractivity contribution in [1.82, 2.24) is 9.29 Å². The highest BCUT2D eigenvalue weighted by Gasteiger charge is 2.13. The topological polar surface area (TPSA) is 62.3 Å². The Hall–Kier alpha value is -0.660. The van der Waals surface area contributed by atoms with E-state index in [4.69, 9.17) is 0 Å². The summed E-state index contributed by atoms with van der Waals surface area (Å²) in [5, 5.41) is 4.07. The first-order chi connectivity index (χ1) is 7.95. The number of hydrogen-bond donors (Lipinski definition) is 1. The van der Waals surface area contributed by atoms with Crippen molar-refractivity contribution in [2.45, 2.75) is 20.3 Å². The van der Waals surface area contributed by atoms with Crippen LogP contribution in [-0.2, 0) is 10.0 Å². The minimum Gasteiger partial charge on any atom is -0.361 e. The van der Waals surface area contributed by atoms with Crippen molar-refractivity contribution in [3.8, 4) is 0 Å². The summed E-state index contributed by atoms with van der Waals surface area (Å²) >= 11 is 1.60. The molecule has 7 heteroatoms. The highest BCUT2D eigenvalue weighted by Crippen LogP contribution is 2.16. The van der Waals surface area contributed by atoms with Gasteiger partial charge in [0.1, 0.15) is 0 Å². The van der Waals surface area contributed by atoms with Gasteiger partial charge in [0.2, 0.25) is 10.0 Å². The maximum atomic E-state index is 11.5. The summed E-state index contributed by atoms with van der Waals surface area (Å²) in [6.07, 6.45) is 2.59. The highest BCUT2D eigenvalue weighted by atomic mass is 32.2. The Bertz CT molecular complexity index is 442. The molecule has 1 N–H and O–H groups in total. The normalized spacial score (nSPS) is 12.0. The van der Waals surface area contributed by atoms with Gasteiger partial charge in [-0.25, -0.2) is 17.7 Å². The van der Waals surface area contributed by atoms with E-state index in [1.54, 1.807) is 25.3 Å². The van der Waals surface area contributed by atoms with Gasteiger partial charge in [-0.15, -0.1) is 11.3 Å². The van der Waals surface area contributed by atoms with E-state index in [9.17, 15) is 8.42 Å². The number of thiazole rings is 1. The number of aromatic nitrogens is 1. The predicted octanol–water partition coefficient (Wildman–Crippen LogP) is 1.54. The summed E-state index contributed by atoms with van der Waals surface area (Å²) in [5.41, 5.74) is 0. The first-order valence-corrected chi connectivity index (χ1v) is 7.98. The van der Waals surface area contributed by atoms with Crippen LogP contribution in [-0.4, -0.2) is 43.6 Å². The molecule has 17 heavy (non-hydrogen) atoms. The monoisotopic (exact) mass is 277 g/mol. The zero-order valence-corrected chi connectivity index (χ0v) is 12.1. The largest absolute Gasteiger partial charge is 0.361 e. The van der Waals surface area contributed by atoms with E-state index in [0.29, 0.717) is 6.54 Å². The molecule has 0 bridgehead atoms. The highest BCUT2D eigenvalue weighted by molar-refractivity contribution is 7.89. The molecule has 0 aliphatic rings. The third-order valence-corrected chi connectivity index (χ3v) is 5.12. The summed E-state index contributed by atoms with van der Waals surface area (Å²) in [7, 11) is -1.43. The molecule has 1 heterocycles. The quantitative estimate of drug-likeness (QED) is 0.768. The standard InChI is InChI=1S/C10H19N3O2S2/c1-4-17(14,15)13(3)7-5-6-11-10-12-8-9(2)16-10/h8H,4-7H2,1-3H3,(H,11,12). The fourth-order valence-corrected chi connectivity index (χ4v) is 2.83. The average molecular weight is 277 g/mol. The molecule has 0 saturated heterocycles. The first kappa shape index (κ1) is 14.4. The van der Waals surface area contributed by atoms with Crippen LogP contribution in [0.1, 0.15) is 18.2 Å². The molecule has 0 fully saturated rings. The second-order valence-electron chi connectivity index (χ2n) is 3.78. The Kier molecular flexibility index (Phi) is 5.35. The Morgan fingerprint density at radius 3 is 2.76 bits per heavy atom. The van der Waals surface area contributed by atoms with Crippen molar-refractivity contribution >= 4 is 26.5 Å². The molecule has 1 aromatic heterocycles. The zero-order valence-electron chi connectivity index (χ0n) is 10.4. The van der Waals surface area contributed by atoms with Crippen molar-refractivity contribution in [2.24, 2.45) is 0 Å². The van der Waals surface area contributed by atoms with E-state index in [2.05, 4.69) is 10.3 Å². The smallest absolute Gasteiger partial charge is 0.213 e. The van der Waals surface area contributed by atoms with Gasteiger partial charge < -0.3 is 5.32 Å². The van der Waals surface area contributed by atoms with E-state index in [1.807, 2.05) is 13.1 Å². The number of anilines is 1.